The Balaban J connectivity index is 1.91. The van der Waals surface area contributed by atoms with Crippen molar-refractivity contribution < 1.29 is 5.11 Å². The van der Waals surface area contributed by atoms with E-state index in [0.29, 0.717) is 22.3 Å². The largest absolute Gasteiger partial charge is 0.506 e. The van der Waals surface area contributed by atoms with Crippen LogP contribution in [0.1, 0.15) is 29.5 Å². The molecule has 1 aliphatic carbocycles. The minimum atomic E-state index is -0.375. The smallest absolute Gasteiger partial charge is 0.330 e. The lowest BCUT2D eigenvalue weighted by Gasteiger charge is -2.19. The Morgan fingerprint density at radius 2 is 1.55 bits per heavy atom. The molecule has 2 aromatic carbocycles. The zero-order valence-electron chi connectivity index (χ0n) is 18.0. The summed E-state index contributed by atoms with van der Waals surface area (Å²) in [6, 6.07) is 11.8. The van der Waals surface area contributed by atoms with E-state index >= 15 is 0 Å². The summed E-state index contributed by atoms with van der Waals surface area (Å²) in [5, 5.41) is 11.4. The van der Waals surface area contributed by atoms with Crippen molar-refractivity contribution in [3.8, 4) is 22.7 Å². The second-order valence-corrected chi connectivity index (χ2v) is 8.50. The van der Waals surface area contributed by atoms with E-state index in [4.69, 9.17) is 0 Å². The normalized spacial score (nSPS) is 13.5. The number of aromatic nitrogens is 3. The van der Waals surface area contributed by atoms with Gasteiger partial charge in [-0.25, -0.2) is 4.79 Å². The Hall–Kier alpha value is -3.54. The van der Waals surface area contributed by atoms with Crippen molar-refractivity contribution in [3.63, 3.8) is 0 Å². The van der Waals surface area contributed by atoms with Crippen LogP contribution in [0.25, 0.3) is 27.8 Å². The van der Waals surface area contributed by atoms with Crippen molar-refractivity contribution in [2.75, 3.05) is 0 Å². The number of aromatic hydroxyl groups is 1. The van der Waals surface area contributed by atoms with Gasteiger partial charge in [-0.1, -0.05) is 29.8 Å². The van der Waals surface area contributed by atoms with Crippen molar-refractivity contribution >= 4 is 10.9 Å². The minimum absolute atomic E-state index is 0.177. The van der Waals surface area contributed by atoms with Gasteiger partial charge in [0.2, 0.25) is 0 Å². The molecular weight excluding hydrogens is 390 g/mol. The number of aryl methyl sites for hydroxylation is 4. The van der Waals surface area contributed by atoms with E-state index in [0.717, 1.165) is 41.4 Å². The van der Waals surface area contributed by atoms with E-state index in [2.05, 4.69) is 0 Å². The molecule has 6 heteroatoms. The van der Waals surface area contributed by atoms with E-state index in [1.54, 1.807) is 13.2 Å². The molecule has 4 aromatic rings. The lowest BCUT2D eigenvalue weighted by Crippen LogP contribution is -2.36. The highest BCUT2D eigenvalue weighted by atomic mass is 16.3. The summed E-state index contributed by atoms with van der Waals surface area (Å²) in [6.07, 6.45) is 5.99. The number of hydrogen-bond acceptors (Lipinski definition) is 3. The lowest BCUT2D eigenvalue weighted by molar-refractivity contribution is 0.470. The average Bonchev–Trinajstić information content (AvgIpc) is 3.17. The van der Waals surface area contributed by atoms with Gasteiger partial charge in [-0.3, -0.25) is 13.9 Å². The first kappa shape index (κ1) is 19.4. The highest BCUT2D eigenvalue weighted by Crippen LogP contribution is 2.36. The minimum Gasteiger partial charge on any atom is -0.506 e. The molecule has 0 fully saturated rings. The van der Waals surface area contributed by atoms with E-state index in [9.17, 15) is 14.7 Å². The quantitative estimate of drug-likeness (QED) is 0.544. The second-order valence-electron chi connectivity index (χ2n) is 8.50. The first-order valence-electron chi connectivity index (χ1n) is 10.6. The number of rotatable bonds is 2. The van der Waals surface area contributed by atoms with Gasteiger partial charge in [0, 0.05) is 20.3 Å². The molecule has 6 nitrogen and oxygen atoms in total. The first-order chi connectivity index (χ1) is 14.9. The molecule has 0 amide bonds. The fraction of sp³-hybridized carbons (Fsp3) is 0.280. The van der Waals surface area contributed by atoms with Crippen LogP contribution >= 0.6 is 0 Å². The molecule has 0 saturated carbocycles. The summed E-state index contributed by atoms with van der Waals surface area (Å²) < 4.78 is 4.48. The van der Waals surface area contributed by atoms with E-state index in [1.807, 2.05) is 47.9 Å². The SMILES string of the molecule is Cc1ccc(-c2c3c(=O)n(C)c(=O)n(C)c3cn2-c2cc3c(cc2O)CCCC3)cc1. The van der Waals surface area contributed by atoms with E-state index in [-0.39, 0.29) is 17.0 Å². The Kier molecular flexibility index (Phi) is 4.39. The molecule has 0 aliphatic heterocycles. The third-order valence-electron chi connectivity index (χ3n) is 6.46. The van der Waals surface area contributed by atoms with Crippen molar-refractivity contribution in [2.24, 2.45) is 14.1 Å². The van der Waals surface area contributed by atoms with Crippen LogP contribution in [0, 0.1) is 6.92 Å². The maximum absolute atomic E-state index is 13.2. The second kappa shape index (κ2) is 7.01. The highest BCUT2D eigenvalue weighted by molar-refractivity contribution is 5.95. The van der Waals surface area contributed by atoms with Gasteiger partial charge in [0.25, 0.3) is 5.56 Å². The average molecular weight is 415 g/mol. The Bertz CT molecular complexity index is 1450. The molecule has 158 valence electrons. The van der Waals surface area contributed by atoms with Crippen LogP contribution in [0.5, 0.6) is 5.75 Å². The number of phenols is 1. The third kappa shape index (κ3) is 2.93. The van der Waals surface area contributed by atoms with Crippen LogP contribution in [0.4, 0.5) is 0 Å². The number of fused-ring (bicyclic) bond motifs is 2. The third-order valence-corrected chi connectivity index (χ3v) is 6.46. The molecule has 1 N–H and O–H groups in total. The van der Waals surface area contributed by atoms with Crippen LogP contribution in [0.15, 0.2) is 52.2 Å². The molecular formula is C25H25N3O3. The number of hydrogen-bond donors (Lipinski definition) is 1. The summed E-state index contributed by atoms with van der Waals surface area (Å²) >= 11 is 0. The van der Waals surface area contributed by atoms with Gasteiger partial charge < -0.3 is 9.67 Å². The highest BCUT2D eigenvalue weighted by Gasteiger charge is 2.22. The maximum Gasteiger partial charge on any atom is 0.330 e. The monoisotopic (exact) mass is 415 g/mol. The fourth-order valence-electron chi connectivity index (χ4n) is 4.68. The van der Waals surface area contributed by atoms with Crippen LogP contribution in [0.2, 0.25) is 0 Å². The van der Waals surface area contributed by atoms with Gasteiger partial charge in [0.15, 0.2) is 0 Å². The van der Waals surface area contributed by atoms with Gasteiger partial charge >= 0.3 is 5.69 Å². The molecule has 0 bridgehead atoms. The maximum atomic E-state index is 13.2. The number of benzene rings is 2. The number of phenolic OH excluding ortho intramolecular Hbond substituents is 1. The summed E-state index contributed by atoms with van der Waals surface area (Å²) in [5.41, 5.74) is 5.51. The molecule has 2 aromatic heterocycles. The standard InChI is InChI=1S/C25H25N3O3/c1-15-8-10-16(11-9-15)23-22-20(26(2)25(31)27(3)24(22)30)14-28(23)19-12-17-6-4-5-7-18(17)13-21(19)29/h8-14,29H,4-7H2,1-3H3. The molecule has 0 unspecified atom stereocenters. The van der Waals surface area contributed by atoms with Gasteiger partial charge in [-0.2, -0.15) is 0 Å². The van der Waals surface area contributed by atoms with Gasteiger partial charge in [-0.15, -0.1) is 0 Å². The van der Waals surface area contributed by atoms with E-state index in [1.165, 1.54) is 22.7 Å². The molecule has 0 radical (unpaired) electrons. The van der Waals surface area contributed by atoms with Crippen molar-refractivity contribution in [1.82, 2.24) is 13.7 Å². The van der Waals surface area contributed by atoms with Gasteiger partial charge in [-0.05, 0) is 61.4 Å². The predicted octanol–water partition coefficient (Wildman–Crippen LogP) is 3.59. The Morgan fingerprint density at radius 1 is 0.903 bits per heavy atom. The Labute approximate surface area is 179 Å². The topological polar surface area (TPSA) is 69.2 Å². The van der Waals surface area contributed by atoms with Gasteiger partial charge in [0.1, 0.15) is 5.75 Å². The van der Waals surface area contributed by atoms with Crippen LogP contribution in [0.3, 0.4) is 0 Å². The van der Waals surface area contributed by atoms with Crippen molar-refractivity contribution in [3.05, 3.63) is 80.1 Å². The zero-order chi connectivity index (χ0) is 21.9. The zero-order valence-corrected chi connectivity index (χ0v) is 18.0. The molecule has 0 saturated heterocycles. The first-order valence-corrected chi connectivity index (χ1v) is 10.6. The molecule has 2 heterocycles. The number of nitrogens with zero attached hydrogens (tertiary/aromatic N) is 3. The molecule has 31 heavy (non-hydrogen) atoms. The molecule has 1 aliphatic rings. The van der Waals surface area contributed by atoms with Crippen molar-refractivity contribution in [1.29, 1.82) is 0 Å². The van der Waals surface area contributed by atoms with Crippen molar-refractivity contribution in [2.45, 2.75) is 32.6 Å². The fourth-order valence-corrected chi connectivity index (χ4v) is 4.68. The molecule has 0 atom stereocenters. The van der Waals surface area contributed by atoms with Crippen LogP contribution in [-0.2, 0) is 26.9 Å². The predicted molar refractivity (Wildman–Crippen MR) is 122 cm³/mol. The summed E-state index contributed by atoms with van der Waals surface area (Å²) in [7, 11) is 3.16. The summed E-state index contributed by atoms with van der Waals surface area (Å²) in [4.78, 5) is 25.8. The molecule has 5 rings (SSSR count). The van der Waals surface area contributed by atoms with Gasteiger partial charge in [0.05, 0.1) is 22.3 Å². The van der Waals surface area contributed by atoms with Crippen LogP contribution in [-0.4, -0.2) is 18.8 Å². The molecule has 0 spiro atoms. The van der Waals surface area contributed by atoms with Crippen LogP contribution < -0.4 is 11.2 Å². The summed E-state index contributed by atoms with van der Waals surface area (Å²) in [6.45, 7) is 2.01. The Morgan fingerprint density at radius 3 is 2.23 bits per heavy atom. The lowest BCUT2D eigenvalue weighted by atomic mass is 9.91. The summed E-state index contributed by atoms with van der Waals surface area (Å²) in [5.74, 6) is 0.177. The van der Waals surface area contributed by atoms with E-state index < -0.39 is 0 Å².